The van der Waals surface area contributed by atoms with Gasteiger partial charge >= 0.3 is 6.18 Å². The van der Waals surface area contributed by atoms with E-state index in [9.17, 15) is 21.6 Å². The van der Waals surface area contributed by atoms with E-state index < -0.39 is 22.7 Å². The van der Waals surface area contributed by atoms with Crippen LogP contribution < -0.4 is 10.0 Å². The smallest absolute Gasteiger partial charge is 0.315 e. The van der Waals surface area contributed by atoms with Crippen LogP contribution in [0.25, 0.3) is 0 Å². The minimum absolute atomic E-state index is 0. The molecule has 0 bridgehead atoms. The number of hydrogen-bond donors (Lipinski definition) is 2. The molecule has 1 aliphatic heterocycles. The molecule has 2 unspecified atom stereocenters. The molecule has 1 saturated heterocycles. The van der Waals surface area contributed by atoms with Crippen LogP contribution in [-0.4, -0.2) is 43.5 Å². The fourth-order valence-electron chi connectivity index (χ4n) is 2.17. The number of aromatic nitrogens is 2. The lowest BCUT2D eigenvalue weighted by molar-refractivity contribution is -0.142. The Bertz CT molecular complexity index is 590. The van der Waals surface area contributed by atoms with E-state index >= 15 is 0 Å². The van der Waals surface area contributed by atoms with Gasteiger partial charge in [0, 0.05) is 18.8 Å². The van der Waals surface area contributed by atoms with Crippen molar-refractivity contribution in [2.24, 2.45) is 5.92 Å². The van der Waals surface area contributed by atoms with Gasteiger partial charge in [0.15, 0.2) is 0 Å². The van der Waals surface area contributed by atoms with Gasteiger partial charge < -0.3 is 5.32 Å². The van der Waals surface area contributed by atoms with Crippen molar-refractivity contribution in [1.29, 1.82) is 0 Å². The number of alkyl halides is 3. The molecule has 2 rings (SSSR count). The van der Waals surface area contributed by atoms with Crippen molar-refractivity contribution in [2.45, 2.75) is 37.0 Å². The quantitative estimate of drug-likeness (QED) is 0.842. The van der Waals surface area contributed by atoms with Crippen molar-refractivity contribution >= 4 is 22.4 Å². The maximum Gasteiger partial charge on any atom is 0.408 e. The molecule has 0 spiro atoms. The highest BCUT2D eigenvalue weighted by Gasteiger charge is 2.30. The van der Waals surface area contributed by atoms with E-state index in [0.717, 1.165) is 25.4 Å². The van der Waals surface area contributed by atoms with Gasteiger partial charge in [0.05, 0.1) is 6.20 Å². The summed E-state index contributed by atoms with van der Waals surface area (Å²) < 4.78 is 64.1. The van der Waals surface area contributed by atoms with E-state index in [1.165, 1.54) is 0 Å². The summed E-state index contributed by atoms with van der Waals surface area (Å²) in [4.78, 5) is -0.260. The number of halogens is 4. The average Bonchev–Trinajstić information content (AvgIpc) is 2.79. The van der Waals surface area contributed by atoms with Gasteiger partial charge in [0.25, 0.3) is 0 Å². The molecule has 11 heteroatoms. The van der Waals surface area contributed by atoms with E-state index in [0.29, 0.717) is 11.2 Å². The lowest BCUT2D eigenvalue weighted by Crippen LogP contribution is -2.50. The minimum Gasteiger partial charge on any atom is -0.315 e. The Morgan fingerprint density at radius 2 is 2.18 bits per heavy atom. The predicted molar refractivity (Wildman–Crippen MR) is 76.3 cm³/mol. The van der Waals surface area contributed by atoms with Crippen LogP contribution in [0, 0.1) is 5.92 Å². The predicted octanol–water partition coefficient (Wildman–Crippen LogP) is 1.14. The summed E-state index contributed by atoms with van der Waals surface area (Å²) >= 11 is 0. The Morgan fingerprint density at radius 1 is 1.50 bits per heavy atom. The number of piperidine rings is 1. The van der Waals surface area contributed by atoms with Crippen LogP contribution in [0.5, 0.6) is 0 Å². The molecule has 2 heterocycles. The Labute approximate surface area is 132 Å². The van der Waals surface area contributed by atoms with E-state index in [1.54, 1.807) is 0 Å². The molecule has 22 heavy (non-hydrogen) atoms. The Balaban J connectivity index is 0.00000242. The zero-order valence-electron chi connectivity index (χ0n) is 11.8. The lowest BCUT2D eigenvalue weighted by Gasteiger charge is -2.29. The van der Waals surface area contributed by atoms with Gasteiger partial charge in [0.2, 0.25) is 10.0 Å². The number of nitrogens with zero attached hydrogens (tertiary/aromatic N) is 2. The standard InChI is InChI=1S/C11H17F3N4O2S.ClH/c1-8-2-3-15-5-10(8)17-21(19,20)9-4-16-18(6-9)7-11(12,13)14;/h4,6,8,10,15,17H,2-3,5,7H2,1H3;1H. The molecular weight excluding hydrogens is 345 g/mol. The molecule has 0 radical (unpaired) electrons. The van der Waals surface area contributed by atoms with Gasteiger partial charge in [-0.15, -0.1) is 12.4 Å². The molecule has 1 fully saturated rings. The normalized spacial score (nSPS) is 23.1. The van der Waals surface area contributed by atoms with Gasteiger partial charge in [0.1, 0.15) is 11.4 Å². The lowest BCUT2D eigenvalue weighted by atomic mass is 9.96. The fourth-order valence-corrected chi connectivity index (χ4v) is 3.46. The summed E-state index contributed by atoms with van der Waals surface area (Å²) in [6, 6.07) is -0.283. The van der Waals surface area contributed by atoms with E-state index in [1.807, 2.05) is 6.92 Å². The van der Waals surface area contributed by atoms with Crippen molar-refractivity contribution in [3.8, 4) is 0 Å². The third-order valence-corrected chi connectivity index (χ3v) is 4.84. The van der Waals surface area contributed by atoms with Gasteiger partial charge in [-0.25, -0.2) is 13.1 Å². The average molecular weight is 363 g/mol. The summed E-state index contributed by atoms with van der Waals surface area (Å²) in [7, 11) is -3.87. The van der Waals surface area contributed by atoms with Crippen LogP contribution in [0.2, 0.25) is 0 Å². The number of hydrogen-bond acceptors (Lipinski definition) is 4. The first-order valence-corrected chi connectivity index (χ1v) is 7.98. The highest BCUT2D eigenvalue weighted by molar-refractivity contribution is 7.89. The van der Waals surface area contributed by atoms with E-state index in [2.05, 4.69) is 15.1 Å². The van der Waals surface area contributed by atoms with Crippen molar-refractivity contribution < 1.29 is 21.6 Å². The molecular formula is C11H18ClF3N4O2S. The molecule has 0 aromatic carbocycles. The zero-order valence-corrected chi connectivity index (χ0v) is 13.4. The molecule has 1 aliphatic rings. The third kappa shape index (κ3) is 5.11. The van der Waals surface area contributed by atoms with Crippen molar-refractivity contribution in [3.05, 3.63) is 12.4 Å². The summed E-state index contributed by atoms with van der Waals surface area (Å²) in [6.07, 6.45) is -1.80. The van der Waals surface area contributed by atoms with Crippen LogP contribution in [0.15, 0.2) is 17.3 Å². The Kier molecular flexibility index (Phi) is 6.25. The molecule has 1 aromatic heterocycles. The molecule has 1 aromatic rings. The Hall–Kier alpha value is -0.840. The maximum absolute atomic E-state index is 12.2. The molecule has 6 nitrogen and oxygen atoms in total. The molecule has 128 valence electrons. The zero-order chi connectivity index (χ0) is 15.7. The van der Waals surface area contributed by atoms with Gasteiger partial charge in [-0.2, -0.15) is 18.3 Å². The molecule has 0 saturated carbocycles. The molecule has 2 N–H and O–H groups in total. The SMILES string of the molecule is CC1CCNCC1NS(=O)(=O)c1cnn(CC(F)(F)F)c1.Cl. The van der Waals surface area contributed by atoms with E-state index in [4.69, 9.17) is 0 Å². The van der Waals surface area contributed by atoms with Crippen molar-refractivity contribution in [2.75, 3.05) is 13.1 Å². The topological polar surface area (TPSA) is 76.0 Å². The van der Waals surface area contributed by atoms with Crippen LogP contribution in [0.1, 0.15) is 13.3 Å². The second kappa shape index (κ2) is 7.16. The van der Waals surface area contributed by atoms with Gasteiger partial charge in [-0.1, -0.05) is 6.92 Å². The second-order valence-electron chi connectivity index (χ2n) is 5.19. The van der Waals surface area contributed by atoms with Crippen LogP contribution in [-0.2, 0) is 16.6 Å². The first-order chi connectivity index (χ1) is 9.67. The molecule has 0 aliphatic carbocycles. The summed E-state index contributed by atoms with van der Waals surface area (Å²) in [5.41, 5.74) is 0. The highest BCUT2D eigenvalue weighted by Crippen LogP contribution is 2.19. The molecule has 2 atom stereocenters. The van der Waals surface area contributed by atoms with Crippen LogP contribution >= 0.6 is 12.4 Å². The first kappa shape index (κ1) is 19.2. The third-order valence-electron chi connectivity index (χ3n) is 3.40. The van der Waals surface area contributed by atoms with Crippen LogP contribution in [0.3, 0.4) is 0 Å². The summed E-state index contributed by atoms with van der Waals surface area (Å²) in [5, 5.41) is 6.52. The van der Waals surface area contributed by atoms with Crippen molar-refractivity contribution in [3.63, 3.8) is 0 Å². The molecule has 0 amide bonds. The summed E-state index contributed by atoms with van der Waals surface area (Å²) in [6.45, 7) is 1.94. The van der Waals surface area contributed by atoms with E-state index in [-0.39, 0.29) is 29.3 Å². The number of nitrogens with one attached hydrogen (secondary N) is 2. The highest BCUT2D eigenvalue weighted by atomic mass is 35.5. The maximum atomic E-state index is 12.2. The fraction of sp³-hybridized carbons (Fsp3) is 0.727. The van der Waals surface area contributed by atoms with Crippen molar-refractivity contribution in [1.82, 2.24) is 19.8 Å². The van der Waals surface area contributed by atoms with Gasteiger partial charge in [-0.3, -0.25) is 4.68 Å². The largest absolute Gasteiger partial charge is 0.408 e. The number of sulfonamides is 1. The number of rotatable bonds is 4. The van der Waals surface area contributed by atoms with Gasteiger partial charge in [-0.05, 0) is 18.9 Å². The Morgan fingerprint density at radius 3 is 2.77 bits per heavy atom. The summed E-state index contributed by atoms with van der Waals surface area (Å²) in [5.74, 6) is 0.159. The van der Waals surface area contributed by atoms with Crippen LogP contribution in [0.4, 0.5) is 13.2 Å². The first-order valence-electron chi connectivity index (χ1n) is 6.50. The minimum atomic E-state index is -4.44. The monoisotopic (exact) mass is 362 g/mol. The second-order valence-corrected chi connectivity index (χ2v) is 6.90.